The summed E-state index contributed by atoms with van der Waals surface area (Å²) in [6, 6.07) is 24.3. The number of hydrogen-bond donors (Lipinski definition) is 0. The first kappa shape index (κ1) is 22.7. The number of carbonyl (C=O) groups excluding carboxylic acids is 1. The molecule has 1 amide bonds. The number of nitro groups is 1. The summed E-state index contributed by atoms with van der Waals surface area (Å²) in [5.41, 5.74) is 3.74. The predicted octanol–water partition coefficient (Wildman–Crippen LogP) is 5.23. The zero-order valence-electron chi connectivity index (χ0n) is 18.9. The van der Waals surface area contributed by atoms with Gasteiger partial charge >= 0.3 is 5.69 Å². The molecule has 0 N–H and O–H groups in total. The molecule has 8 nitrogen and oxygen atoms in total. The van der Waals surface area contributed by atoms with Crippen molar-refractivity contribution < 1.29 is 14.5 Å². The maximum absolute atomic E-state index is 12.9. The maximum Gasteiger partial charge on any atom is 0.311 e. The fraction of sp³-hybridized carbons (Fsp3) is 0.154. The van der Waals surface area contributed by atoms with Crippen molar-refractivity contribution in [3.8, 4) is 22.7 Å². The average molecular weight is 487 g/mol. The van der Waals surface area contributed by atoms with Crippen LogP contribution >= 0.6 is 11.8 Å². The number of carbonyl (C=O) groups is 1. The highest BCUT2D eigenvalue weighted by molar-refractivity contribution is 8.00. The topological polar surface area (TPSA) is 90.5 Å². The van der Waals surface area contributed by atoms with Crippen LogP contribution in [0.15, 0.2) is 85.1 Å². The molecule has 35 heavy (non-hydrogen) atoms. The van der Waals surface area contributed by atoms with Crippen LogP contribution < -0.4 is 4.74 Å². The van der Waals surface area contributed by atoms with E-state index in [-0.39, 0.29) is 22.7 Å². The molecule has 2 heterocycles. The number of thioether (sulfide) groups is 1. The number of benzene rings is 3. The van der Waals surface area contributed by atoms with Gasteiger partial charge in [-0.25, -0.2) is 4.68 Å². The lowest BCUT2D eigenvalue weighted by molar-refractivity contribution is -0.385. The van der Waals surface area contributed by atoms with E-state index >= 15 is 0 Å². The maximum atomic E-state index is 12.9. The van der Waals surface area contributed by atoms with Crippen molar-refractivity contribution >= 4 is 23.4 Å². The molecule has 3 aromatic carbocycles. The fourth-order valence-corrected chi connectivity index (χ4v) is 5.34. The Balaban J connectivity index is 1.62. The summed E-state index contributed by atoms with van der Waals surface area (Å²) in [4.78, 5) is 25.9. The van der Waals surface area contributed by atoms with Crippen molar-refractivity contribution in [3.63, 3.8) is 0 Å². The van der Waals surface area contributed by atoms with E-state index in [9.17, 15) is 14.9 Å². The van der Waals surface area contributed by atoms with Crippen LogP contribution in [0.2, 0.25) is 0 Å². The summed E-state index contributed by atoms with van der Waals surface area (Å²) in [6.45, 7) is 0.468. The lowest BCUT2D eigenvalue weighted by Crippen LogP contribution is -2.27. The Labute approximate surface area is 206 Å². The molecular formula is C26H22N4O4S. The van der Waals surface area contributed by atoms with Crippen molar-refractivity contribution in [2.24, 2.45) is 0 Å². The molecule has 5 rings (SSSR count). The minimum Gasteiger partial charge on any atom is -0.490 e. The Morgan fingerprint density at radius 3 is 2.49 bits per heavy atom. The summed E-state index contributed by atoms with van der Waals surface area (Å²) in [5.74, 6) is 0.581. The number of hydrogen-bond acceptors (Lipinski definition) is 6. The van der Waals surface area contributed by atoms with Gasteiger partial charge in [0, 0.05) is 29.9 Å². The largest absolute Gasteiger partial charge is 0.490 e. The lowest BCUT2D eigenvalue weighted by atomic mass is 10.1. The summed E-state index contributed by atoms with van der Waals surface area (Å²) in [6.07, 6.45) is 1.91. The summed E-state index contributed by atoms with van der Waals surface area (Å²) in [5, 5.41) is 16.2. The van der Waals surface area contributed by atoms with Gasteiger partial charge in [0.2, 0.25) is 5.91 Å². The van der Waals surface area contributed by atoms with Crippen LogP contribution in [0.4, 0.5) is 5.69 Å². The second-order valence-electron chi connectivity index (χ2n) is 8.03. The number of rotatable bonds is 7. The van der Waals surface area contributed by atoms with Crippen LogP contribution in [0.3, 0.4) is 0 Å². The average Bonchev–Trinajstić information content (AvgIpc) is 3.48. The first-order chi connectivity index (χ1) is 17.0. The van der Waals surface area contributed by atoms with E-state index in [0.29, 0.717) is 23.6 Å². The van der Waals surface area contributed by atoms with E-state index in [0.717, 1.165) is 16.8 Å². The molecule has 0 spiro atoms. The highest BCUT2D eigenvalue weighted by Gasteiger charge is 2.36. The van der Waals surface area contributed by atoms with Gasteiger partial charge in [-0.3, -0.25) is 14.9 Å². The van der Waals surface area contributed by atoms with Crippen molar-refractivity contribution in [1.82, 2.24) is 14.7 Å². The molecule has 0 bridgehead atoms. The van der Waals surface area contributed by atoms with Crippen LogP contribution in [0.5, 0.6) is 5.75 Å². The van der Waals surface area contributed by atoms with Gasteiger partial charge in [0.1, 0.15) is 5.37 Å². The zero-order chi connectivity index (χ0) is 24.4. The van der Waals surface area contributed by atoms with Crippen LogP contribution in [-0.2, 0) is 11.3 Å². The molecule has 1 aromatic heterocycles. The smallest absolute Gasteiger partial charge is 0.311 e. The zero-order valence-corrected chi connectivity index (χ0v) is 19.7. The van der Waals surface area contributed by atoms with E-state index in [1.165, 1.54) is 24.9 Å². The van der Waals surface area contributed by atoms with Crippen LogP contribution in [0, 0.1) is 10.1 Å². The molecule has 0 radical (unpaired) electrons. The SMILES string of the molecule is COc1ccc(-c2nn(-c3ccccc3)cc2C2SCC(=O)N2Cc2ccccc2)cc1[N+](=O)[O-]. The quantitative estimate of drug-likeness (QED) is 0.262. The van der Waals surface area contributed by atoms with E-state index in [2.05, 4.69) is 0 Å². The molecule has 1 fully saturated rings. The van der Waals surface area contributed by atoms with Gasteiger partial charge in [-0.05, 0) is 29.8 Å². The summed E-state index contributed by atoms with van der Waals surface area (Å²) < 4.78 is 6.93. The lowest BCUT2D eigenvalue weighted by Gasteiger charge is -2.24. The van der Waals surface area contributed by atoms with Gasteiger partial charge in [-0.2, -0.15) is 5.10 Å². The predicted molar refractivity (Wildman–Crippen MR) is 134 cm³/mol. The molecule has 0 aliphatic carbocycles. The third-order valence-electron chi connectivity index (χ3n) is 5.84. The van der Waals surface area contributed by atoms with Gasteiger partial charge in [-0.15, -0.1) is 11.8 Å². The van der Waals surface area contributed by atoms with Gasteiger partial charge in [0.15, 0.2) is 5.75 Å². The Kier molecular flexibility index (Phi) is 6.24. The van der Waals surface area contributed by atoms with Crippen LogP contribution in [-0.4, -0.2) is 38.4 Å². The van der Waals surface area contributed by atoms with Gasteiger partial charge in [0.25, 0.3) is 0 Å². The second-order valence-corrected chi connectivity index (χ2v) is 9.10. The number of amides is 1. The number of para-hydroxylation sites is 1. The highest BCUT2D eigenvalue weighted by atomic mass is 32.2. The van der Waals surface area contributed by atoms with Crippen molar-refractivity contribution in [2.75, 3.05) is 12.9 Å². The standard InChI is InChI=1S/C26H22N4O4S/c1-34-23-13-12-19(14-22(23)30(32)33)25-21(16-29(27-25)20-10-6-3-7-11-20)26-28(24(31)17-35-26)15-18-8-4-2-5-9-18/h2-14,16,26H,15,17H2,1H3. The van der Waals surface area contributed by atoms with Gasteiger partial charge in [-0.1, -0.05) is 48.5 Å². The molecule has 176 valence electrons. The highest BCUT2D eigenvalue weighted by Crippen LogP contribution is 2.44. The molecule has 0 saturated carbocycles. The Hall–Kier alpha value is -4.11. The number of ether oxygens (including phenoxy) is 1. The molecule has 1 atom stereocenters. The number of methoxy groups -OCH3 is 1. The van der Waals surface area contributed by atoms with E-state index < -0.39 is 4.92 Å². The van der Waals surface area contributed by atoms with E-state index in [4.69, 9.17) is 9.84 Å². The third-order valence-corrected chi connectivity index (χ3v) is 7.08. The molecular weight excluding hydrogens is 464 g/mol. The number of aromatic nitrogens is 2. The first-order valence-electron chi connectivity index (χ1n) is 11.0. The molecule has 1 aliphatic heterocycles. The molecule has 1 saturated heterocycles. The van der Waals surface area contributed by atoms with Crippen molar-refractivity contribution in [2.45, 2.75) is 11.9 Å². The van der Waals surface area contributed by atoms with Crippen molar-refractivity contribution in [1.29, 1.82) is 0 Å². The summed E-state index contributed by atoms with van der Waals surface area (Å²) in [7, 11) is 1.40. The Morgan fingerprint density at radius 2 is 1.80 bits per heavy atom. The number of nitro benzene ring substituents is 1. The number of nitrogens with zero attached hydrogens (tertiary/aromatic N) is 4. The monoisotopic (exact) mass is 486 g/mol. The Bertz CT molecular complexity index is 1370. The fourth-order valence-electron chi connectivity index (χ4n) is 4.15. The minimum atomic E-state index is -0.467. The van der Waals surface area contributed by atoms with Crippen LogP contribution in [0.25, 0.3) is 16.9 Å². The van der Waals surface area contributed by atoms with Crippen molar-refractivity contribution in [3.05, 3.63) is 106 Å². The Morgan fingerprint density at radius 1 is 1.09 bits per heavy atom. The molecule has 1 aliphatic rings. The van der Waals surface area contributed by atoms with Crippen LogP contribution in [0.1, 0.15) is 16.5 Å². The minimum absolute atomic E-state index is 0.0444. The van der Waals surface area contributed by atoms with E-state index in [1.54, 1.807) is 16.8 Å². The molecule has 9 heteroatoms. The van der Waals surface area contributed by atoms with Gasteiger partial charge < -0.3 is 9.64 Å². The van der Waals surface area contributed by atoms with E-state index in [1.807, 2.05) is 71.8 Å². The molecule has 4 aromatic rings. The summed E-state index contributed by atoms with van der Waals surface area (Å²) >= 11 is 1.53. The second kappa shape index (κ2) is 9.63. The molecule has 1 unspecified atom stereocenters. The third kappa shape index (κ3) is 4.50. The first-order valence-corrected chi connectivity index (χ1v) is 12.0. The normalized spacial score (nSPS) is 15.4. The van der Waals surface area contributed by atoms with Gasteiger partial charge in [0.05, 0.1) is 29.2 Å².